The Hall–Kier alpha value is -0.0600. The standard InChI is InChI=1S/C15H23Br2NO/c1-10(15(2,3)4)8-18-9-11-6-12(16)14(19-5)13(17)7-11/h6-7,10,18H,8-9H2,1-5H3. The predicted octanol–water partition coefficient (Wildman–Crippen LogP) is 4.99. The highest BCUT2D eigenvalue weighted by Crippen LogP contribution is 2.34. The second kappa shape index (κ2) is 7.09. The highest BCUT2D eigenvalue weighted by Gasteiger charge is 2.19. The summed E-state index contributed by atoms with van der Waals surface area (Å²) in [6, 6.07) is 4.19. The van der Waals surface area contributed by atoms with E-state index in [-0.39, 0.29) is 0 Å². The first-order valence-corrected chi connectivity index (χ1v) is 8.07. The number of hydrogen-bond acceptors (Lipinski definition) is 2. The number of nitrogens with one attached hydrogen (secondary N) is 1. The normalized spacial score (nSPS) is 13.4. The molecule has 2 nitrogen and oxygen atoms in total. The van der Waals surface area contributed by atoms with Crippen molar-refractivity contribution in [3.8, 4) is 5.75 Å². The van der Waals surface area contributed by atoms with Crippen LogP contribution in [0.25, 0.3) is 0 Å². The molecule has 4 heteroatoms. The molecule has 108 valence electrons. The van der Waals surface area contributed by atoms with Gasteiger partial charge in [-0.2, -0.15) is 0 Å². The van der Waals surface area contributed by atoms with Crippen LogP contribution in [0.15, 0.2) is 21.1 Å². The molecule has 0 saturated heterocycles. The maximum atomic E-state index is 5.30. The van der Waals surface area contributed by atoms with Gasteiger partial charge in [0.1, 0.15) is 5.75 Å². The summed E-state index contributed by atoms with van der Waals surface area (Å²) in [7, 11) is 1.67. The van der Waals surface area contributed by atoms with Crippen LogP contribution in [0.1, 0.15) is 33.3 Å². The van der Waals surface area contributed by atoms with E-state index < -0.39 is 0 Å². The fourth-order valence-electron chi connectivity index (χ4n) is 1.65. The third kappa shape index (κ3) is 5.09. The van der Waals surface area contributed by atoms with E-state index in [0.29, 0.717) is 11.3 Å². The van der Waals surface area contributed by atoms with E-state index in [1.165, 1.54) is 5.56 Å². The molecule has 0 saturated carbocycles. The van der Waals surface area contributed by atoms with Crippen molar-refractivity contribution in [3.63, 3.8) is 0 Å². The molecule has 1 unspecified atom stereocenters. The van der Waals surface area contributed by atoms with Gasteiger partial charge in [0, 0.05) is 6.54 Å². The molecule has 0 amide bonds. The molecule has 1 aromatic carbocycles. The number of methoxy groups -OCH3 is 1. The molecule has 1 rings (SSSR count). The average molecular weight is 393 g/mol. The van der Waals surface area contributed by atoms with Gasteiger partial charge in [-0.3, -0.25) is 0 Å². The summed E-state index contributed by atoms with van der Waals surface area (Å²) in [6.07, 6.45) is 0. The zero-order valence-corrected chi connectivity index (χ0v) is 15.5. The van der Waals surface area contributed by atoms with Crippen LogP contribution in [-0.4, -0.2) is 13.7 Å². The third-order valence-corrected chi connectivity index (χ3v) is 4.70. The molecule has 0 fully saturated rings. The van der Waals surface area contributed by atoms with E-state index in [1.54, 1.807) is 7.11 Å². The molecule has 19 heavy (non-hydrogen) atoms. The number of benzene rings is 1. The lowest BCUT2D eigenvalue weighted by molar-refractivity contribution is 0.252. The first kappa shape index (κ1) is 17.0. The highest BCUT2D eigenvalue weighted by molar-refractivity contribution is 9.11. The molecule has 0 aliphatic heterocycles. The minimum absolute atomic E-state index is 0.341. The van der Waals surface area contributed by atoms with Gasteiger partial charge in [-0.25, -0.2) is 0 Å². The van der Waals surface area contributed by atoms with Crippen LogP contribution >= 0.6 is 31.9 Å². The molecule has 0 spiro atoms. The van der Waals surface area contributed by atoms with Crippen LogP contribution in [0.3, 0.4) is 0 Å². The SMILES string of the molecule is COc1c(Br)cc(CNCC(C)C(C)(C)C)cc1Br. The molecule has 0 radical (unpaired) electrons. The summed E-state index contributed by atoms with van der Waals surface area (Å²) < 4.78 is 7.26. The van der Waals surface area contributed by atoms with Crippen molar-refractivity contribution in [1.82, 2.24) is 5.32 Å². The van der Waals surface area contributed by atoms with Crippen LogP contribution in [0, 0.1) is 11.3 Å². The summed E-state index contributed by atoms with van der Waals surface area (Å²) in [5.74, 6) is 1.48. The Morgan fingerprint density at radius 2 is 1.74 bits per heavy atom. The molecule has 0 aromatic heterocycles. The maximum Gasteiger partial charge on any atom is 0.147 e. The van der Waals surface area contributed by atoms with Gasteiger partial charge in [-0.05, 0) is 67.4 Å². The lowest BCUT2D eigenvalue weighted by Crippen LogP contribution is -2.29. The van der Waals surface area contributed by atoms with E-state index in [4.69, 9.17) is 4.74 Å². The van der Waals surface area contributed by atoms with Gasteiger partial charge in [0.25, 0.3) is 0 Å². The van der Waals surface area contributed by atoms with Gasteiger partial charge in [0.05, 0.1) is 16.1 Å². The van der Waals surface area contributed by atoms with Crippen LogP contribution in [0.5, 0.6) is 5.75 Å². The van der Waals surface area contributed by atoms with E-state index in [9.17, 15) is 0 Å². The average Bonchev–Trinajstić information content (AvgIpc) is 2.27. The fourth-order valence-corrected chi connectivity index (χ4v) is 3.25. The summed E-state index contributed by atoms with van der Waals surface area (Å²) in [4.78, 5) is 0. The number of rotatable bonds is 5. The molecule has 0 aliphatic carbocycles. The second-order valence-electron chi connectivity index (χ2n) is 5.99. The Bertz CT molecular complexity index is 404. The van der Waals surface area contributed by atoms with Crippen molar-refractivity contribution in [2.75, 3.05) is 13.7 Å². The van der Waals surface area contributed by atoms with Crippen LogP contribution in [0.2, 0.25) is 0 Å². The molecule has 0 aliphatic rings. The van der Waals surface area contributed by atoms with Crippen LogP contribution in [-0.2, 0) is 6.54 Å². The summed E-state index contributed by atoms with van der Waals surface area (Å²) in [5.41, 5.74) is 1.58. The molecule has 1 N–H and O–H groups in total. The van der Waals surface area contributed by atoms with Gasteiger partial charge < -0.3 is 10.1 Å². The van der Waals surface area contributed by atoms with E-state index in [1.807, 2.05) is 0 Å². The zero-order valence-electron chi connectivity index (χ0n) is 12.3. The van der Waals surface area contributed by atoms with Crippen molar-refractivity contribution in [2.24, 2.45) is 11.3 Å². The van der Waals surface area contributed by atoms with Gasteiger partial charge >= 0.3 is 0 Å². The number of halogens is 2. The minimum Gasteiger partial charge on any atom is -0.494 e. The molecular weight excluding hydrogens is 370 g/mol. The number of ether oxygens (including phenoxy) is 1. The van der Waals surface area contributed by atoms with Crippen molar-refractivity contribution in [1.29, 1.82) is 0 Å². The first-order valence-electron chi connectivity index (χ1n) is 6.48. The monoisotopic (exact) mass is 391 g/mol. The fraction of sp³-hybridized carbons (Fsp3) is 0.600. The van der Waals surface area contributed by atoms with Crippen LogP contribution in [0.4, 0.5) is 0 Å². The molecule has 1 atom stereocenters. The Morgan fingerprint density at radius 3 is 2.16 bits per heavy atom. The largest absolute Gasteiger partial charge is 0.494 e. The summed E-state index contributed by atoms with van der Waals surface area (Å²) >= 11 is 7.06. The van der Waals surface area contributed by atoms with Gasteiger partial charge in [0.15, 0.2) is 0 Å². The lowest BCUT2D eigenvalue weighted by Gasteiger charge is -2.27. The Kier molecular flexibility index (Phi) is 6.34. The molecule has 0 bridgehead atoms. The molecule has 1 aromatic rings. The highest BCUT2D eigenvalue weighted by atomic mass is 79.9. The van der Waals surface area contributed by atoms with E-state index >= 15 is 0 Å². The predicted molar refractivity (Wildman–Crippen MR) is 88.7 cm³/mol. The minimum atomic E-state index is 0.341. The van der Waals surface area contributed by atoms with Crippen molar-refractivity contribution in [2.45, 2.75) is 34.2 Å². The Balaban J connectivity index is 2.60. The Labute approximate surface area is 133 Å². The van der Waals surface area contributed by atoms with Crippen molar-refractivity contribution >= 4 is 31.9 Å². The molecular formula is C15H23Br2NO. The third-order valence-electron chi connectivity index (χ3n) is 3.52. The van der Waals surface area contributed by atoms with Gasteiger partial charge in [0.2, 0.25) is 0 Å². The van der Waals surface area contributed by atoms with Crippen molar-refractivity contribution in [3.05, 3.63) is 26.6 Å². The topological polar surface area (TPSA) is 21.3 Å². The lowest BCUT2D eigenvalue weighted by atomic mass is 9.82. The van der Waals surface area contributed by atoms with Gasteiger partial charge in [-0.1, -0.05) is 27.7 Å². The van der Waals surface area contributed by atoms with Crippen LogP contribution < -0.4 is 10.1 Å². The van der Waals surface area contributed by atoms with Gasteiger partial charge in [-0.15, -0.1) is 0 Å². The molecule has 0 heterocycles. The second-order valence-corrected chi connectivity index (χ2v) is 7.70. The number of hydrogen-bond donors (Lipinski definition) is 1. The van der Waals surface area contributed by atoms with E-state index in [0.717, 1.165) is 27.8 Å². The maximum absolute atomic E-state index is 5.30. The first-order chi connectivity index (χ1) is 8.75. The zero-order chi connectivity index (χ0) is 14.6. The van der Waals surface area contributed by atoms with Crippen molar-refractivity contribution < 1.29 is 4.74 Å². The summed E-state index contributed by atoms with van der Waals surface area (Å²) in [6.45, 7) is 11.0. The van der Waals surface area contributed by atoms with E-state index in [2.05, 4.69) is 77.0 Å². The summed E-state index contributed by atoms with van der Waals surface area (Å²) in [5, 5.41) is 3.52. The Morgan fingerprint density at radius 1 is 1.21 bits per heavy atom. The smallest absolute Gasteiger partial charge is 0.147 e. The quantitative estimate of drug-likeness (QED) is 0.761.